The van der Waals surface area contributed by atoms with Crippen molar-refractivity contribution in [2.24, 2.45) is 0 Å². The van der Waals surface area contributed by atoms with Crippen LogP contribution in [0.5, 0.6) is 0 Å². The normalized spacial score (nSPS) is 13.0. The molecule has 1 unspecified atom stereocenters. The van der Waals surface area contributed by atoms with Gasteiger partial charge in [-0.05, 0) is 13.8 Å². The van der Waals surface area contributed by atoms with E-state index < -0.39 is 27.0 Å². The van der Waals surface area contributed by atoms with Crippen LogP contribution in [0, 0.1) is 6.92 Å². The smallest absolute Gasteiger partial charge is 0.347 e. The number of aromatic carboxylic acids is 1. The number of carboxylic acids is 1. The van der Waals surface area contributed by atoms with Gasteiger partial charge in [0.2, 0.25) is 5.91 Å². The number of thiazole rings is 1. The van der Waals surface area contributed by atoms with Crippen LogP contribution in [0.15, 0.2) is 0 Å². The number of carbonyl (C=O) groups excluding carboxylic acids is 1. The van der Waals surface area contributed by atoms with Crippen LogP contribution in [0.25, 0.3) is 0 Å². The van der Waals surface area contributed by atoms with Crippen LogP contribution in [0.4, 0.5) is 0 Å². The van der Waals surface area contributed by atoms with Crippen molar-refractivity contribution in [1.29, 1.82) is 0 Å². The molecule has 1 aromatic rings. The molecule has 0 aliphatic carbocycles. The fourth-order valence-corrected chi connectivity index (χ4v) is 2.54. The number of amides is 1. The highest BCUT2D eigenvalue weighted by Gasteiger charge is 2.23. The summed E-state index contributed by atoms with van der Waals surface area (Å²) in [5.41, 5.74) is 0.373. The third-order valence-electron chi connectivity index (χ3n) is 2.46. The predicted octanol–water partition coefficient (Wildman–Crippen LogP) is 0.199. The first kappa shape index (κ1) is 15.6. The first-order valence-electron chi connectivity index (χ1n) is 5.29. The summed E-state index contributed by atoms with van der Waals surface area (Å²) in [5.74, 6) is -1.70. The van der Waals surface area contributed by atoms with Crippen LogP contribution < -0.4 is 5.32 Å². The molecule has 0 spiro atoms. The van der Waals surface area contributed by atoms with Crippen molar-refractivity contribution < 1.29 is 23.1 Å². The number of carboxylic acid groups (broad SMARTS) is 1. The highest BCUT2D eigenvalue weighted by atomic mass is 32.2. The van der Waals surface area contributed by atoms with Gasteiger partial charge in [0.05, 0.1) is 12.2 Å². The molecule has 2 N–H and O–H groups in total. The summed E-state index contributed by atoms with van der Waals surface area (Å²) in [6.07, 6.45) is 0.979. The van der Waals surface area contributed by atoms with Gasteiger partial charge in [-0.3, -0.25) is 4.79 Å². The number of nitrogens with one attached hydrogen (secondary N) is 1. The summed E-state index contributed by atoms with van der Waals surface area (Å²) in [5, 5.41) is 10.6. The molecular formula is C10H14N2O5S2. The van der Waals surface area contributed by atoms with E-state index in [4.69, 9.17) is 5.11 Å². The summed E-state index contributed by atoms with van der Waals surface area (Å²) < 4.78 is 22.4. The number of nitrogens with zero attached hydrogens (tertiary/aromatic N) is 1. The molecule has 7 nitrogen and oxygen atoms in total. The number of aromatic nitrogens is 1. The van der Waals surface area contributed by atoms with E-state index in [9.17, 15) is 18.0 Å². The molecule has 0 aliphatic rings. The number of sulfone groups is 1. The lowest BCUT2D eigenvalue weighted by atomic mass is 10.4. The maximum Gasteiger partial charge on any atom is 0.347 e. The van der Waals surface area contributed by atoms with Gasteiger partial charge in [0.1, 0.15) is 15.1 Å². The summed E-state index contributed by atoms with van der Waals surface area (Å²) in [6, 6.07) is 0. The average Bonchev–Trinajstić information content (AvgIpc) is 2.65. The van der Waals surface area contributed by atoms with E-state index in [0.717, 1.165) is 17.6 Å². The van der Waals surface area contributed by atoms with Crippen LogP contribution in [-0.2, 0) is 21.2 Å². The average molecular weight is 306 g/mol. The van der Waals surface area contributed by atoms with Gasteiger partial charge in [0.25, 0.3) is 0 Å². The highest BCUT2D eigenvalue weighted by molar-refractivity contribution is 7.92. The second-order valence-electron chi connectivity index (χ2n) is 4.02. The van der Waals surface area contributed by atoms with E-state index in [1.54, 1.807) is 6.92 Å². The quantitative estimate of drug-likeness (QED) is 0.803. The van der Waals surface area contributed by atoms with Crippen LogP contribution in [-0.4, -0.2) is 41.9 Å². The highest BCUT2D eigenvalue weighted by Crippen LogP contribution is 2.17. The van der Waals surface area contributed by atoms with E-state index >= 15 is 0 Å². The van der Waals surface area contributed by atoms with Gasteiger partial charge < -0.3 is 10.4 Å². The Kier molecular flexibility index (Phi) is 4.64. The van der Waals surface area contributed by atoms with Crippen molar-refractivity contribution >= 4 is 33.1 Å². The van der Waals surface area contributed by atoms with E-state index in [2.05, 4.69) is 10.3 Å². The number of hydrogen-bond acceptors (Lipinski definition) is 6. The first-order valence-corrected chi connectivity index (χ1v) is 8.06. The second kappa shape index (κ2) is 5.66. The van der Waals surface area contributed by atoms with E-state index in [-0.39, 0.29) is 11.4 Å². The van der Waals surface area contributed by atoms with E-state index in [1.165, 1.54) is 6.92 Å². The van der Waals surface area contributed by atoms with Crippen molar-refractivity contribution in [3.8, 4) is 0 Å². The van der Waals surface area contributed by atoms with Gasteiger partial charge in [0.15, 0.2) is 9.84 Å². The molecular weight excluding hydrogens is 292 g/mol. The number of rotatable bonds is 5. The largest absolute Gasteiger partial charge is 0.477 e. The summed E-state index contributed by atoms with van der Waals surface area (Å²) in [4.78, 5) is 26.5. The molecule has 1 atom stereocenters. The standard InChI is InChI=1S/C10H14N2O5S2/c1-5-8(10(14)15)18-7(12-5)4-11-9(13)6(2)19(3,16)17/h6H,4H2,1-3H3,(H,11,13)(H,14,15). The van der Waals surface area contributed by atoms with Crippen molar-refractivity contribution in [3.63, 3.8) is 0 Å². The Morgan fingerprint density at radius 3 is 2.47 bits per heavy atom. The lowest BCUT2D eigenvalue weighted by Gasteiger charge is -2.08. The predicted molar refractivity (Wildman–Crippen MR) is 70.0 cm³/mol. The van der Waals surface area contributed by atoms with E-state index in [0.29, 0.717) is 10.7 Å². The molecule has 1 rings (SSSR count). The molecule has 0 saturated carbocycles. The van der Waals surface area contributed by atoms with Crippen molar-refractivity contribution in [1.82, 2.24) is 10.3 Å². The van der Waals surface area contributed by atoms with Crippen molar-refractivity contribution in [2.45, 2.75) is 25.6 Å². The number of aryl methyl sites for hydroxylation is 1. The zero-order valence-electron chi connectivity index (χ0n) is 10.6. The van der Waals surface area contributed by atoms with Crippen LogP contribution in [0.2, 0.25) is 0 Å². The minimum Gasteiger partial charge on any atom is -0.477 e. The van der Waals surface area contributed by atoms with Crippen LogP contribution >= 0.6 is 11.3 Å². The molecule has 0 saturated heterocycles. The molecule has 0 fully saturated rings. The minimum absolute atomic E-state index is 0.0114. The fraction of sp³-hybridized carbons (Fsp3) is 0.500. The van der Waals surface area contributed by atoms with Gasteiger partial charge in [-0.2, -0.15) is 0 Å². The maximum absolute atomic E-state index is 11.6. The Labute approximate surface area is 114 Å². The lowest BCUT2D eigenvalue weighted by molar-refractivity contribution is -0.120. The lowest BCUT2D eigenvalue weighted by Crippen LogP contribution is -2.36. The molecule has 19 heavy (non-hydrogen) atoms. The Morgan fingerprint density at radius 2 is 2.05 bits per heavy atom. The van der Waals surface area contributed by atoms with Crippen LogP contribution in [0.1, 0.15) is 27.3 Å². The Balaban J connectivity index is 2.70. The zero-order valence-corrected chi connectivity index (χ0v) is 12.3. The molecule has 106 valence electrons. The topological polar surface area (TPSA) is 113 Å². The zero-order chi connectivity index (χ0) is 14.8. The minimum atomic E-state index is -3.45. The molecule has 0 radical (unpaired) electrons. The molecule has 1 aromatic heterocycles. The molecule has 0 aliphatic heterocycles. The monoisotopic (exact) mass is 306 g/mol. The SMILES string of the molecule is Cc1nc(CNC(=O)C(C)S(C)(=O)=O)sc1C(=O)O. The molecule has 0 bridgehead atoms. The molecule has 1 amide bonds. The third kappa shape index (κ3) is 4.00. The van der Waals surface area contributed by atoms with Gasteiger partial charge in [-0.25, -0.2) is 18.2 Å². The van der Waals surface area contributed by atoms with Gasteiger partial charge in [-0.1, -0.05) is 0 Å². The summed E-state index contributed by atoms with van der Waals surface area (Å²) in [6.45, 7) is 2.86. The maximum atomic E-state index is 11.6. The van der Waals surface area contributed by atoms with Gasteiger partial charge in [0, 0.05) is 6.26 Å². The first-order chi connectivity index (χ1) is 8.62. The molecule has 0 aromatic carbocycles. The van der Waals surface area contributed by atoms with Crippen LogP contribution in [0.3, 0.4) is 0 Å². The Morgan fingerprint density at radius 1 is 1.47 bits per heavy atom. The van der Waals surface area contributed by atoms with E-state index in [1.807, 2.05) is 0 Å². The van der Waals surface area contributed by atoms with Crippen molar-refractivity contribution in [2.75, 3.05) is 6.26 Å². The van der Waals surface area contributed by atoms with Crippen molar-refractivity contribution in [3.05, 3.63) is 15.6 Å². The summed E-state index contributed by atoms with van der Waals surface area (Å²) >= 11 is 0.954. The molecule has 1 heterocycles. The Bertz CT molecular complexity index is 605. The number of hydrogen-bond donors (Lipinski definition) is 2. The van der Waals surface area contributed by atoms with Gasteiger partial charge >= 0.3 is 5.97 Å². The second-order valence-corrected chi connectivity index (χ2v) is 7.47. The number of carbonyl (C=O) groups is 2. The molecule has 9 heteroatoms. The third-order valence-corrected chi connectivity index (χ3v) is 5.10. The summed E-state index contributed by atoms with van der Waals surface area (Å²) in [7, 11) is -3.45. The Hall–Kier alpha value is -1.48. The van der Waals surface area contributed by atoms with Gasteiger partial charge in [-0.15, -0.1) is 11.3 Å². The fourth-order valence-electron chi connectivity index (χ4n) is 1.23.